The monoisotopic (exact) mass is 521 g/mol. The molecule has 0 saturated heterocycles. The van der Waals surface area contributed by atoms with E-state index in [4.69, 9.17) is 14.6 Å². The first-order chi connectivity index (χ1) is 19.0. The van der Waals surface area contributed by atoms with Crippen LogP contribution < -0.4 is 14.8 Å². The molecule has 4 aromatic rings. The molecular weight excluding hydrogens is 497 g/mol. The Balaban J connectivity index is 1.25. The van der Waals surface area contributed by atoms with E-state index in [1.54, 1.807) is 48.5 Å². The van der Waals surface area contributed by atoms with E-state index in [-0.39, 0.29) is 17.7 Å². The third-order valence-electron chi connectivity index (χ3n) is 6.88. The molecule has 1 amide bonds. The topological polar surface area (TPSA) is 80.2 Å². The molecule has 1 N–H and O–H groups in total. The molecule has 39 heavy (non-hydrogen) atoms. The maximum absolute atomic E-state index is 13.5. The van der Waals surface area contributed by atoms with Crippen LogP contribution in [-0.2, 0) is 0 Å². The maximum atomic E-state index is 13.5. The van der Waals surface area contributed by atoms with Crippen LogP contribution in [0.1, 0.15) is 44.3 Å². The Morgan fingerprint density at radius 2 is 1.62 bits per heavy atom. The van der Waals surface area contributed by atoms with Crippen LogP contribution in [0.15, 0.2) is 102 Å². The van der Waals surface area contributed by atoms with Crippen molar-refractivity contribution in [2.45, 2.75) is 18.7 Å². The van der Waals surface area contributed by atoms with Crippen molar-refractivity contribution in [2.24, 2.45) is 5.10 Å². The number of amides is 1. The molecular formula is C31H24FN3O4. The fraction of sp³-hybridized carbons (Fsp3) is 0.129. The average Bonchev–Trinajstić information content (AvgIpc) is 3.43. The molecule has 0 radical (unpaired) electrons. The van der Waals surface area contributed by atoms with Crippen LogP contribution in [0.3, 0.4) is 0 Å². The SMILES string of the molecule is COc1ccc(NC(=O)c2ccc(C3=NN4C(C(=O)c5ccc(F)cc5)Oc5ccccc5C4C3)cc2)cc1. The third-order valence-corrected chi connectivity index (χ3v) is 6.88. The van der Waals surface area contributed by atoms with Crippen molar-refractivity contribution in [3.8, 4) is 11.5 Å². The number of nitrogens with one attached hydrogen (secondary N) is 1. The zero-order chi connectivity index (χ0) is 26.9. The minimum Gasteiger partial charge on any atom is -0.497 e. The molecule has 0 bridgehead atoms. The van der Waals surface area contributed by atoms with Crippen molar-refractivity contribution in [1.82, 2.24) is 5.01 Å². The molecule has 0 fully saturated rings. The lowest BCUT2D eigenvalue weighted by Crippen LogP contribution is -2.45. The first-order valence-corrected chi connectivity index (χ1v) is 12.5. The standard InChI is InChI=1S/C31H24FN3O4/c1-38-24-16-14-23(15-17-24)33-30(37)21-8-6-19(7-9-21)26-18-27-25-4-2-3-5-28(25)39-31(35(27)34-26)29(36)20-10-12-22(32)13-11-20/h2-17,27,31H,18H2,1H3,(H,33,37). The Morgan fingerprint density at radius 1 is 0.923 bits per heavy atom. The molecule has 2 atom stereocenters. The number of ether oxygens (including phenoxy) is 2. The highest BCUT2D eigenvalue weighted by atomic mass is 19.1. The first-order valence-electron chi connectivity index (χ1n) is 12.5. The lowest BCUT2D eigenvalue weighted by Gasteiger charge is -2.37. The largest absolute Gasteiger partial charge is 0.497 e. The van der Waals surface area contributed by atoms with Gasteiger partial charge in [-0.3, -0.25) is 9.59 Å². The summed E-state index contributed by atoms with van der Waals surface area (Å²) < 4.78 is 24.7. The second-order valence-electron chi connectivity index (χ2n) is 9.29. The van der Waals surface area contributed by atoms with E-state index in [0.717, 1.165) is 16.8 Å². The number of hydrogen-bond acceptors (Lipinski definition) is 6. The number of fused-ring (bicyclic) bond motifs is 3. The van der Waals surface area contributed by atoms with Gasteiger partial charge in [0.25, 0.3) is 12.1 Å². The van der Waals surface area contributed by atoms with Gasteiger partial charge in [-0.2, -0.15) is 5.10 Å². The molecule has 2 aliphatic heterocycles. The predicted octanol–water partition coefficient (Wildman–Crippen LogP) is 5.84. The van der Waals surface area contributed by atoms with Gasteiger partial charge in [0, 0.05) is 28.8 Å². The third kappa shape index (κ3) is 4.72. The van der Waals surface area contributed by atoms with Gasteiger partial charge in [0.2, 0.25) is 5.78 Å². The van der Waals surface area contributed by atoms with Crippen molar-refractivity contribution in [3.05, 3.63) is 125 Å². The van der Waals surface area contributed by atoms with E-state index in [1.807, 2.05) is 36.4 Å². The Labute approximate surface area is 224 Å². The number of carbonyl (C=O) groups is 2. The Hall–Kier alpha value is -4.98. The maximum Gasteiger partial charge on any atom is 0.255 e. The number of anilines is 1. The molecule has 0 aliphatic carbocycles. The van der Waals surface area contributed by atoms with Gasteiger partial charge < -0.3 is 14.8 Å². The summed E-state index contributed by atoms with van der Waals surface area (Å²) in [6.45, 7) is 0. The summed E-state index contributed by atoms with van der Waals surface area (Å²) >= 11 is 0. The first kappa shape index (κ1) is 24.4. The van der Waals surface area contributed by atoms with E-state index < -0.39 is 12.0 Å². The minimum atomic E-state index is -0.984. The summed E-state index contributed by atoms with van der Waals surface area (Å²) in [5, 5.41) is 9.37. The summed E-state index contributed by atoms with van der Waals surface area (Å²) in [7, 11) is 1.59. The van der Waals surface area contributed by atoms with Gasteiger partial charge in [0.05, 0.1) is 18.9 Å². The molecule has 2 heterocycles. The van der Waals surface area contributed by atoms with Crippen molar-refractivity contribution >= 4 is 23.1 Å². The smallest absolute Gasteiger partial charge is 0.255 e. The van der Waals surface area contributed by atoms with Gasteiger partial charge in [-0.1, -0.05) is 30.3 Å². The van der Waals surface area contributed by atoms with Crippen LogP contribution in [0.4, 0.5) is 10.1 Å². The van der Waals surface area contributed by atoms with Crippen LogP contribution in [0.25, 0.3) is 0 Å². The van der Waals surface area contributed by atoms with Gasteiger partial charge in [-0.25, -0.2) is 9.40 Å². The zero-order valence-electron chi connectivity index (χ0n) is 21.0. The fourth-order valence-electron chi connectivity index (χ4n) is 4.83. The highest BCUT2D eigenvalue weighted by molar-refractivity contribution is 6.07. The van der Waals surface area contributed by atoms with Crippen molar-refractivity contribution in [2.75, 3.05) is 12.4 Å². The normalized spacial score (nSPS) is 17.4. The van der Waals surface area contributed by atoms with Gasteiger partial charge in [0.1, 0.15) is 17.3 Å². The Bertz CT molecular complexity index is 1570. The van der Waals surface area contributed by atoms with Crippen molar-refractivity contribution in [3.63, 3.8) is 0 Å². The molecule has 0 aromatic heterocycles. The summed E-state index contributed by atoms with van der Waals surface area (Å²) in [4.78, 5) is 26.2. The lowest BCUT2D eigenvalue weighted by atomic mass is 9.95. The highest BCUT2D eigenvalue weighted by Gasteiger charge is 2.43. The number of carbonyl (C=O) groups excluding carboxylic acids is 2. The van der Waals surface area contributed by atoms with E-state index in [2.05, 4.69) is 5.32 Å². The molecule has 2 unspecified atom stereocenters. The van der Waals surface area contributed by atoms with Gasteiger partial charge in [0.15, 0.2) is 0 Å². The molecule has 0 saturated carbocycles. The second kappa shape index (κ2) is 10.1. The fourth-order valence-corrected chi connectivity index (χ4v) is 4.83. The summed E-state index contributed by atoms with van der Waals surface area (Å²) in [5.74, 6) is 0.388. The van der Waals surface area contributed by atoms with Crippen molar-refractivity contribution < 1.29 is 23.5 Å². The number of ketones is 1. The Kier molecular flexibility index (Phi) is 6.28. The summed E-state index contributed by atoms with van der Waals surface area (Å²) in [6.07, 6.45) is -0.423. The molecule has 0 spiro atoms. The molecule has 8 heteroatoms. The van der Waals surface area contributed by atoms with E-state index in [1.165, 1.54) is 24.3 Å². The van der Waals surface area contributed by atoms with Crippen LogP contribution >= 0.6 is 0 Å². The van der Waals surface area contributed by atoms with Gasteiger partial charge in [-0.05, 0) is 72.3 Å². The van der Waals surface area contributed by atoms with Gasteiger partial charge >= 0.3 is 0 Å². The van der Waals surface area contributed by atoms with Crippen LogP contribution in [0.2, 0.25) is 0 Å². The Morgan fingerprint density at radius 3 is 2.33 bits per heavy atom. The molecule has 6 rings (SSSR count). The number of para-hydroxylation sites is 1. The van der Waals surface area contributed by atoms with Crippen LogP contribution in [0, 0.1) is 5.82 Å². The summed E-state index contributed by atoms with van der Waals surface area (Å²) in [5.41, 5.74) is 4.07. The van der Waals surface area contributed by atoms with E-state index in [9.17, 15) is 14.0 Å². The van der Waals surface area contributed by atoms with E-state index >= 15 is 0 Å². The predicted molar refractivity (Wildman–Crippen MR) is 145 cm³/mol. The number of benzene rings is 4. The quantitative estimate of drug-likeness (QED) is 0.323. The number of hydrazone groups is 1. The highest BCUT2D eigenvalue weighted by Crippen LogP contribution is 2.43. The van der Waals surface area contributed by atoms with Gasteiger partial charge in [-0.15, -0.1) is 0 Å². The number of rotatable bonds is 6. The molecule has 194 valence electrons. The number of hydrogen-bond donors (Lipinski definition) is 1. The zero-order valence-corrected chi connectivity index (χ0v) is 21.0. The lowest BCUT2D eigenvalue weighted by molar-refractivity contribution is -0.00456. The molecule has 7 nitrogen and oxygen atoms in total. The van der Waals surface area contributed by atoms with Crippen LogP contribution in [-0.4, -0.2) is 35.7 Å². The number of halogens is 1. The van der Waals surface area contributed by atoms with Crippen molar-refractivity contribution in [1.29, 1.82) is 0 Å². The summed E-state index contributed by atoms with van der Waals surface area (Å²) in [6, 6.07) is 27.1. The molecule has 4 aromatic carbocycles. The average molecular weight is 522 g/mol. The number of methoxy groups -OCH3 is 1. The number of Topliss-reactive ketones (excluding diaryl/α,β-unsaturated/α-hetero) is 1. The minimum absolute atomic E-state index is 0.197. The number of nitrogens with zero attached hydrogens (tertiary/aromatic N) is 2. The molecule has 2 aliphatic rings. The van der Waals surface area contributed by atoms with E-state index in [0.29, 0.717) is 34.7 Å². The second-order valence-corrected chi connectivity index (χ2v) is 9.29. The van der Waals surface area contributed by atoms with Crippen LogP contribution in [0.5, 0.6) is 11.5 Å².